The summed E-state index contributed by atoms with van der Waals surface area (Å²) in [6.07, 6.45) is 0. The summed E-state index contributed by atoms with van der Waals surface area (Å²) < 4.78 is 7.11. The molecule has 0 spiro atoms. The van der Waals surface area contributed by atoms with Crippen molar-refractivity contribution in [1.82, 2.24) is 4.57 Å². The Labute approximate surface area is 178 Å². The van der Waals surface area contributed by atoms with Crippen LogP contribution in [0, 0.1) is 0 Å². The minimum absolute atomic E-state index is 0.0633. The molecule has 0 saturated heterocycles. The Morgan fingerprint density at radius 1 is 0.967 bits per heavy atom. The minimum Gasteiger partial charge on any atom is -0.493 e. The van der Waals surface area contributed by atoms with Gasteiger partial charge >= 0.3 is 5.91 Å². The van der Waals surface area contributed by atoms with Crippen molar-refractivity contribution in [2.75, 3.05) is 6.61 Å². The maximum Gasteiger partial charge on any atom is 0.302 e. The largest absolute Gasteiger partial charge is 0.493 e. The number of benzene rings is 3. The van der Waals surface area contributed by atoms with Gasteiger partial charge in [-0.15, -0.1) is 10.2 Å². The maximum atomic E-state index is 12.1. The molecule has 0 bridgehead atoms. The summed E-state index contributed by atoms with van der Waals surface area (Å²) in [4.78, 5) is 12.1. The molecule has 3 aromatic carbocycles. The summed E-state index contributed by atoms with van der Waals surface area (Å²) in [5.74, 6) is -0.0390. The van der Waals surface area contributed by atoms with Gasteiger partial charge in [0.25, 0.3) is 0 Å². The number of azo groups is 1. The standard InChI is InChI=1S/C23H18ClN3O3/c24-17-12-10-16(11-13-17)14-27-20-9-5-4-8-19(20)22(23(27)29)26-25-21(28)15-30-18-6-2-1-3-7-18/h1-13,29H,14-15H2. The molecule has 150 valence electrons. The normalized spacial score (nSPS) is 11.2. The molecule has 0 aliphatic heterocycles. The fraction of sp³-hybridized carbons (Fsp3) is 0.0870. The molecule has 1 heterocycles. The van der Waals surface area contributed by atoms with Gasteiger partial charge < -0.3 is 14.4 Å². The Morgan fingerprint density at radius 2 is 1.67 bits per heavy atom. The smallest absolute Gasteiger partial charge is 0.302 e. The lowest BCUT2D eigenvalue weighted by Gasteiger charge is -2.07. The van der Waals surface area contributed by atoms with Gasteiger partial charge in [0.2, 0.25) is 5.88 Å². The molecule has 0 unspecified atom stereocenters. The Kier molecular flexibility index (Phi) is 5.77. The van der Waals surface area contributed by atoms with Crippen LogP contribution < -0.4 is 4.74 Å². The van der Waals surface area contributed by atoms with E-state index in [2.05, 4.69) is 10.2 Å². The molecule has 0 aliphatic carbocycles. The van der Waals surface area contributed by atoms with Gasteiger partial charge in [0, 0.05) is 10.4 Å². The van der Waals surface area contributed by atoms with Crippen LogP contribution in [0.5, 0.6) is 11.6 Å². The fourth-order valence-electron chi connectivity index (χ4n) is 3.10. The number of hydrogen-bond acceptors (Lipinski definition) is 4. The average Bonchev–Trinajstić information content (AvgIpc) is 3.04. The number of aromatic hydroxyl groups is 1. The number of ether oxygens (including phenoxy) is 1. The molecule has 0 radical (unpaired) electrons. The second kappa shape index (κ2) is 8.80. The third-order valence-electron chi connectivity index (χ3n) is 4.54. The summed E-state index contributed by atoms with van der Waals surface area (Å²) in [6.45, 7) is 0.182. The van der Waals surface area contributed by atoms with Crippen LogP contribution in [-0.4, -0.2) is 22.2 Å². The number of carbonyl (C=O) groups excluding carboxylic acids is 1. The zero-order chi connectivity index (χ0) is 20.9. The van der Waals surface area contributed by atoms with Crippen LogP contribution in [0.2, 0.25) is 5.02 Å². The van der Waals surface area contributed by atoms with Crippen molar-refractivity contribution in [1.29, 1.82) is 0 Å². The number of amides is 1. The molecule has 7 heteroatoms. The number of carbonyl (C=O) groups is 1. The first kappa shape index (κ1) is 19.7. The minimum atomic E-state index is -0.548. The van der Waals surface area contributed by atoms with Crippen LogP contribution in [0.3, 0.4) is 0 Å². The van der Waals surface area contributed by atoms with Crippen LogP contribution in [-0.2, 0) is 11.3 Å². The topological polar surface area (TPSA) is 76.2 Å². The molecular weight excluding hydrogens is 402 g/mol. The first-order valence-electron chi connectivity index (χ1n) is 9.29. The van der Waals surface area contributed by atoms with E-state index in [-0.39, 0.29) is 18.2 Å². The lowest BCUT2D eigenvalue weighted by molar-refractivity contribution is -0.120. The highest BCUT2D eigenvalue weighted by atomic mass is 35.5. The highest BCUT2D eigenvalue weighted by Gasteiger charge is 2.17. The highest BCUT2D eigenvalue weighted by Crippen LogP contribution is 2.39. The van der Waals surface area contributed by atoms with Crippen molar-refractivity contribution < 1.29 is 14.6 Å². The summed E-state index contributed by atoms with van der Waals surface area (Å²) in [6, 6.07) is 23.8. The molecule has 1 aromatic heterocycles. The van der Waals surface area contributed by atoms with Gasteiger partial charge in [-0.05, 0) is 35.9 Å². The van der Waals surface area contributed by atoms with Crippen molar-refractivity contribution >= 4 is 34.1 Å². The number of aromatic nitrogens is 1. The number of nitrogens with zero attached hydrogens (tertiary/aromatic N) is 3. The fourth-order valence-corrected chi connectivity index (χ4v) is 3.23. The van der Waals surface area contributed by atoms with E-state index in [1.165, 1.54) is 0 Å². The first-order chi connectivity index (χ1) is 14.6. The highest BCUT2D eigenvalue weighted by molar-refractivity contribution is 6.30. The number of para-hydroxylation sites is 2. The van der Waals surface area contributed by atoms with Crippen molar-refractivity contribution in [3.63, 3.8) is 0 Å². The SMILES string of the molecule is O=C(COc1ccccc1)N=Nc1c(O)n(Cc2ccc(Cl)cc2)c2ccccc12. The number of fused-ring (bicyclic) bond motifs is 1. The van der Waals surface area contributed by atoms with Gasteiger partial charge in [-0.25, -0.2) is 0 Å². The predicted molar refractivity (Wildman–Crippen MR) is 116 cm³/mol. The molecule has 4 aromatic rings. The first-order valence-corrected chi connectivity index (χ1v) is 9.66. The molecule has 1 N–H and O–H groups in total. The van der Waals surface area contributed by atoms with Crippen molar-refractivity contribution in [3.05, 3.63) is 89.4 Å². The molecule has 1 amide bonds. The van der Waals surface area contributed by atoms with Gasteiger partial charge in [0.1, 0.15) is 5.75 Å². The zero-order valence-electron chi connectivity index (χ0n) is 15.9. The third-order valence-corrected chi connectivity index (χ3v) is 4.79. The summed E-state index contributed by atoms with van der Waals surface area (Å²) in [5, 5.41) is 19.9. The molecule has 4 rings (SSSR count). The van der Waals surface area contributed by atoms with E-state index in [1.54, 1.807) is 28.8 Å². The molecule has 30 heavy (non-hydrogen) atoms. The third kappa shape index (κ3) is 4.34. The number of hydrogen-bond donors (Lipinski definition) is 1. The molecule has 0 aliphatic rings. The summed E-state index contributed by atoms with van der Waals surface area (Å²) in [7, 11) is 0. The van der Waals surface area contributed by atoms with Crippen molar-refractivity contribution in [2.24, 2.45) is 10.2 Å². The van der Waals surface area contributed by atoms with Crippen molar-refractivity contribution in [2.45, 2.75) is 6.54 Å². The van der Waals surface area contributed by atoms with E-state index in [9.17, 15) is 9.90 Å². The van der Waals surface area contributed by atoms with E-state index >= 15 is 0 Å². The monoisotopic (exact) mass is 419 g/mol. The van der Waals surface area contributed by atoms with E-state index in [0.717, 1.165) is 11.1 Å². The molecular formula is C23H18ClN3O3. The average molecular weight is 420 g/mol. The van der Waals surface area contributed by atoms with E-state index < -0.39 is 5.91 Å². The second-order valence-corrected chi connectivity index (χ2v) is 7.03. The van der Waals surface area contributed by atoms with E-state index in [4.69, 9.17) is 16.3 Å². The number of halogens is 1. The van der Waals surface area contributed by atoms with Crippen molar-refractivity contribution in [3.8, 4) is 11.6 Å². The molecule has 6 nitrogen and oxygen atoms in total. The molecule has 0 fully saturated rings. The summed E-state index contributed by atoms with van der Waals surface area (Å²) in [5.41, 5.74) is 1.99. The van der Waals surface area contributed by atoms with E-state index in [1.807, 2.05) is 54.6 Å². The van der Waals surface area contributed by atoms with Crippen LogP contribution >= 0.6 is 11.6 Å². The van der Waals surface area contributed by atoms with Gasteiger partial charge in [0.05, 0.1) is 12.1 Å². The van der Waals surface area contributed by atoms with Crippen LogP contribution in [0.25, 0.3) is 10.9 Å². The second-order valence-electron chi connectivity index (χ2n) is 6.60. The quantitative estimate of drug-likeness (QED) is 0.405. The van der Waals surface area contributed by atoms with E-state index in [0.29, 0.717) is 22.7 Å². The van der Waals surface area contributed by atoms with Crippen LogP contribution in [0.4, 0.5) is 5.69 Å². The molecule has 0 atom stereocenters. The maximum absolute atomic E-state index is 12.1. The van der Waals surface area contributed by atoms with Gasteiger partial charge in [0.15, 0.2) is 12.3 Å². The molecule has 0 saturated carbocycles. The Bertz CT molecular complexity index is 1200. The van der Waals surface area contributed by atoms with Crippen LogP contribution in [0.15, 0.2) is 89.1 Å². The van der Waals surface area contributed by atoms with Gasteiger partial charge in [-0.2, -0.15) is 0 Å². The Balaban J connectivity index is 1.57. The van der Waals surface area contributed by atoms with Crippen LogP contribution in [0.1, 0.15) is 5.56 Å². The Hall–Kier alpha value is -3.64. The lowest BCUT2D eigenvalue weighted by Crippen LogP contribution is -2.07. The van der Waals surface area contributed by atoms with Gasteiger partial charge in [-0.1, -0.05) is 60.1 Å². The zero-order valence-corrected chi connectivity index (χ0v) is 16.7. The Morgan fingerprint density at radius 3 is 2.43 bits per heavy atom. The van der Waals surface area contributed by atoms with Gasteiger partial charge in [-0.3, -0.25) is 4.79 Å². The lowest BCUT2D eigenvalue weighted by atomic mass is 10.2. The summed E-state index contributed by atoms with van der Waals surface area (Å²) >= 11 is 5.96. The predicted octanol–water partition coefficient (Wildman–Crippen LogP) is 5.74. The number of rotatable bonds is 6.